The Hall–Kier alpha value is -3.53. The molecule has 0 aliphatic rings. The van der Waals surface area contributed by atoms with E-state index in [4.69, 9.17) is 18.7 Å². The van der Waals surface area contributed by atoms with E-state index in [0.717, 1.165) is 11.3 Å². The SMILES string of the molecule is COc1cc(NC(=O)CCS(=O)(=O)c2cc(-c3onc(C)c3C)ccc2OC)cc(OC)c1. The van der Waals surface area contributed by atoms with Crippen LogP contribution in [0.25, 0.3) is 11.3 Å². The highest BCUT2D eigenvalue weighted by Crippen LogP contribution is 2.33. The summed E-state index contributed by atoms with van der Waals surface area (Å²) in [4.78, 5) is 12.4. The summed E-state index contributed by atoms with van der Waals surface area (Å²) < 4.78 is 47.2. The van der Waals surface area contributed by atoms with Crippen molar-refractivity contribution in [3.8, 4) is 28.6 Å². The number of aromatic nitrogens is 1. The highest BCUT2D eigenvalue weighted by atomic mass is 32.2. The molecule has 3 aromatic rings. The van der Waals surface area contributed by atoms with Crippen molar-refractivity contribution in [3.63, 3.8) is 0 Å². The van der Waals surface area contributed by atoms with Gasteiger partial charge in [-0.15, -0.1) is 0 Å². The zero-order valence-electron chi connectivity index (χ0n) is 19.1. The molecule has 0 fully saturated rings. The van der Waals surface area contributed by atoms with E-state index >= 15 is 0 Å². The summed E-state index contributed by atoms with van der Waals surface area (Å²) in [6.45, 7) is 3.65. The number of benzene rings is 2. The minimum Gasteiger partial charge on any atom is -0.497 e. The molecule has 0 atom stereocenters. The maximum absolute atomic E-state index is 13.1. The van der Waals surface area contributed by atoms with Crippen molar-refractivity contribution in [3.05, 3.63) is 47.7 Å². The second-order valence-corrected chi connectivity index (χ2v) is 9.38. The number of aryl methyl sites for hydroxylation is 1. The largest absolute Gasteiger partial charge is 0.497 e. The summed E-state index contributed by atoms with van der Waals surface area (Å²) in [6.07, 6.45) is -0.254. The molecule has 0 spiro atoms. The molecule has 1 N–H and O–H groups in total. The van der Waals surface area contributed by atoms with Gasteiger partial charge in [-0.25, -0.2) is 8.42 Å². The van der Waals surface area contributed by atoms with E-state index in [0.29, 0.717) is 28.5 Å². The predicted molar refractivity (Wildman–Crippen MR) is 123 cm³/mol. The molecule has 0 saturated carbocycles. The van der Waals surface area contributed by atoms with Crippen molar-refractivity contribution in [2.75, 3.05) is 32.4 Å². The maximum Gasteiger partial charge on any atom is 0.225 e. The van der Waals surface area contributed by atoms with E-state index in [1.165, 1.54) is 27.4 Å². The first-order chi connectivity index (χ1) is 15.7. The lowest BCUT2D eigenvalue weighted by molar-refractivity contribution is -0.115. The van der Waals surface area contributed by atoms with Crippen LogP contribution in [0.15, 0.2) is 45.8 Å². The van der Waals surface area contributed by atoms with Gasteiger partial charge in [0.2, 0.25) is 5.91 Å². The minimum absolute atomic E-state index is 0.0215. The van der Waals surface area contributed by atoms with Gasteiger partial charge in [-0.1, -0.05) is 5.16 Å². The van der Waals surface area contributed by atoms with Gasteiger partial charge in [0.25, 0.3) is 0 Å². The van der Waals surface area contributed by atoms with Crippen LogP contribution in [0.3, 0.4) is 0 Å². The van der Waals surface area contributed by atoms with Gasteiger partial charge in [-0.2, -0.15) is 0 Å². The first-order valence-corrected chi connectivity index (χ1v) is 11.7. The maximum atomic E-state index is 13.1. The molecule has 0 aliphatic heterocycles. The van der Waals surface area contributed by atoms with Crippen molar-refractivity contribution in [1.82, 2.24) is 5.16 Å². The van der Waals surface area contributed by atoms with Crippen LogP contribution in [0.2, 0.25) is 0 Å². The van der Waals surface area contributed by atoms with Gasteiger partial charge in [0.05, 0.1) is 32.8 Å². The number of anilines is 1. The number of nitrogens with one attached hydrogen (secondary N) is 1. The molecule has 0 aliphatic carbocycles. The molecule has 0 bridgehead atoms. The Labute approximate surface area is 192 Å². The second-order valence-electron chi connectivity index (χ2n) is 7.31. The number of methoxy groups -OCH3 is 3. The standard InChI is InChI=1S/C23H26N2O7S/c1-14-15(2)25-32-23(14)16-6-7-20(31-5)21(10-16)33(27,28)9-8-22(26)24-17-11-18(29-3)13-19(12-17)30-4/h6-7,10-13H,8-9H2,1-5H3,(H,24,26). The molecule has 10 heteroatoms. The monoisotopic (exact) mass is 474 g/mol. The molecule has 1 heterocycles. The summed E-state index contributed by atoms with van der Waals surface area (Å²) in [5, 5.41) is 6.60. The molecule has 1 aromatic heterocycles. The lowest BCUT2D eigenvalue weighted by Crippen LogP contribution is -2.18. The number of sulfone groups is 1. The van der Waals surface area contributed by atoms with Crippen LogP contribution in [0.1, 0.15) is 17.7 Å². The molecule has 2 aromatic carbocycles. The average Bonchev–Trinajstić information content (AvgIpc) is 3.15. The number of carbonyl (C=O) groups is 1. The number of amides is 1. The van der Waals surface area contributed by atoms with E-state index in [1.54, 1.807) is 37.3 Å². The molecule has 0 unspecified atom stereocenters. The number of hydrogen-bond acceptors (Lipinski definition) is 8. The van der Waals surface area contributed by atoms with Crippen molar-refractivity contribution < 1.29 is 31.9 Å². The quantitative estimate of drug-likeness (QED) is 0.498. The first-order valence-electron chi connectivity index (χ1n) is 10.1. The number of carbonyl (C=O) groups excluding carboxylic acids is 1. The van der Waals surface area contributed by atoms with E-state index < -0.39 is 21.5 Å². The first kappa shape index (κ1) is 24.1. The fourth-order valence-corrected chi connectivity index (χ4v) is 4.62. The lowest BCUT2D eigenvalue weighted by Gasteiger charge is -2.12. The van der Waals surface area contributed by atoms with Crippen LogP contribution in [0, 0.1) is 13.8 Å². The highest BCUT2D eigenvalue weighted by Gasteiger charge is 2.23. The molecular weight excluding hydrogens is 448 g/mol. The number of hydrogen-bond donors (Lipinski definition) is 1. The number of rotatable bonds is 9. The second kappa shape index (κ2) is 9.95. The van der Waals surface area contributed by atoms with Gasteiger partial charge in [-0.3, -0.25) is 4.79 Å². The van der Waals surface area contributed by atoms with Crippen LogP contribution in [-0.4, -0.2) is 46.6 Å². The Balaban J connectivity index is 1.79. The van der Waals surface area contributed by atoms with Crippen molar-refractivity contribution in [2.24, 2.45) is 0 Å². The van der Waals surface area contributed by atoms with Crippen LogP contribution >= 0.6 is 0 Å². The third-order valence-corrected chi connectivity index (χ3v) is 6.88. The van der Waals surface area contributed by atoms with Crippen LogP contribution in [-0.2, 0) is 14.6 Å². The van der Waals surface area contributed by atoms with Crippen molar-refractivity contribution in [1.29, 1.82) is 0 Å². The molecule has 0 saturated heterocycles. The van der Waals surface area contributed by atoms with E-state index in [1.807, 2.05) is 6.92 Å². The zero-order chi connectivity index (χ0) is 24.2. The molecule has 3 rings (SSSR count). The predicted octanol–water partition coefficient (Wildman–Crippen LogP) is 3.79. The summed E-state index contributed by atoms with van der Waals surface area (Å²) in [6, 6.07) is 9.63. The van der Waals surface area contributed by atoms with Gasteiger partial charge in [-0.05, 0) is 32.0 Å². The summed E-state index contributed by atoms with van der Waals surface area (Å²) in [5.74, 6) is 0.787. The molecular formula is C23H26N2O7S. The summed E-state index contributed by atoms with van der Waals surface area (Å²) >= 11 is 0. The Morgan fingerprint density at radius 1 is 1.00 bits per heavy atom. The molecule has 9 nitrogen and oxygen atoms in total. The van der Waals surface area contributed by atoms with Crippen molar-refractivity contribution >= 4 is 21.4 Å². The summed E-state index contributed by atoms with van der Waals surface area (Å²) in [7, 11) is 0.532. The van der Waals surface area contributed by atoms with E-state index in [-0.39, 0.29) is 17.1 Å². The Morgan fingerprint density at radius 3 is 2.21 bits per heavy atom. The van der Waals surface area contributed by atoms with E-state index in [9.17, 15) is 13.2 Å². The van der Waals surface area contributed by atoms with Crippen LogP contribution < -0.4 is 19.5 Å². The molecule has 1 amide bonds. The fourth-order valence-electron chi connectivity index (χ4n) is 3.19. The van der Waals surface area contributed by atoms with E-state index in [2.05, 4.69) is 10.5 Å². The number of ether oxygens (including phenoxy) is 3. The minimum atomic E-state index is -3.85. The van der Waals surface area contributed by atoms with Gasteiger partial charge in [0.1, 0.15) is 22.1 Å². The molecule has 0 radical (unpaired) electrons. The normalized spacial score (nSPS) is 11.2. The Bertz CT molecular complexity index is 1240. The van der Waals surface area contributed by atoms with Gasteiger partial charge < -0.3 is 24.1 Å². The third-order valence-electron chi connectivity index (χ3n) is 5.15. The van der Waals surface area contributed by atoms with Gasteiger partial charge in [0.15, 0.2) is 15.6 Å². The number of nitrogens with zero attached hydrogens (tertiary/aromatic N) is 1. The molecule has 176 valence electrons. The van der Waals surface area contributed by atoms with Gasteiger partial charge >= 0.3 is 0 Å². The molecule has 33 heavy (non-hydrogen) atoms. The van der Waals surface area contributed by atoms with Crippen LogP contribution in [0.5, 0.6) is 17.2 Å². The lowest BCUT2D eigenvalue weighted by atomic mass is 10.1. The Morgan fingerprint density at radius 2 is 1.67 bits per heavy atom. The summed E-state index contributed by atoms with van der Waals surface area (Å²) in [5.41, 5.74) is 2.53. The third kappa shape index (κ3) is 5.46. The highest BCUT2D eigenvalue weighted by molar-refractivity contribution is 7.91. The average molecular weight is 475 g/mol. The zero-order valence-corrected chi connectivity index (χ0v) is 19.9. The Kier molecular flexibility index (Phi) is 7.27. The van der Waals surface area contributed by atoms with Gasteiger partial charge in [0, 0.05) is 41.4 Å². The smallest absolute Gasteiger partial charge is 0.225 e. The fraction of sp³-hybridized carbons (Fsp3) is 0.304. The topological polar surface area (TPSA) is 117 Å². The van der Waals surface area contributed by atoms with Crippen LogP contribution in [0.4, 0.5) is 5.69 Å². The van der Waals surface area contributed by atoms with Crippen molar-refractivity contribution in [2.45, 2.75) is 25.2 Å².